The number of fused-ring (bicyclic) bond motifs is 1. The van der Waals surface area contributed by atoms with Crippen LogP contribution in [-0.4, -0.2) is 40.0 Å². The number of benzene rings is 1. The lowest BCUT2D eigenvalue weighted by Gasteiger charge is -2.25. The van der Waals surface area contributed by atoms with Gasteiger partial charge in [0, 0.05) is 36.6 Å². The minimum atomic E-state index is -0.176. The van der Waals surface area contributed by atoms with Crippen molar-refractivity contribution in [2.45, 2.75) is 25.5 Å². The Bertz CT molecular complexity index is 994. The van der Waals surface area contributed by atoms with Crippen LogP contribution in [-0.2, 0) is 11.3 Å². The summed E-state index contributed by atoms with van der Waals surface area (Å²) >= 11 is 0. The fraction of sp³-hybridized carbons (Fsp3) is 0.286. The third-order valence-electron chi connectivity index (χ3n) is 4.84. The predicted molar refractivity (Wildman–Crippen MR) is 103 cm³/mol. The summed E-state index contributed by atoms with van der Waals surface area (Å²) in [6.45, 7) is 1.41. The van der Waals surface area contributed by atoms with Gasteiger partial charge in [0.1, 0.15) is 0 Å². The number of hydrogen-bond donors (Lipinski definition) is 1. The van der Waals surface area contributed by atoms with E-state index < -0.39 is 0 Å². The van der Waals surface area contributed by atoms with Crippen LogP contribution in [0.3, 0.4) is 0 Å². The minimum Gasteiger partial charge on any atom is -0.376 e. The SMILES string of the molecule is O=C(c1cccnc1)N(Cc1cc2ccccc2[nH]c1=O)C[C@@H]1CCCO1. The van der Waals surface area contributed by atoms with Crippen molar-refractivity contribution in [2.24, 2.45) is 0 Å². The van der Waals surface area contributed by atoms with E-state index in [1.54, 1.807) is 29.4 Å². The van der Waals surface area contributed by atoms with Crippen LogP contribution in [0.1, 0.15) is 28.8 Å². The molecule has 27 heavy (non-hydrogen) atoms. The summed E-state index contributed by atoms with van der Waals surface area (Å²) in [5, 5.41) is 0.943. The van der Waals surface area contributed by atoms with Gasteiger partial charge in [-0.15, -0.1) is 0 Å². The number of carbonyl (C=O) groups excluding carboxylic acids is 1. The van der Waals surface area contributed by atoms with Crippen LogP contribution in [0.15, 0.2) is 59.7 Å². The van der Waals surface area contributed by atoms with Crippen molar-refractivity contribution in [1.82, 2.24) is 14.9 Å². The van der Waals surface area contributed by atoms with Gasteiger partial charge in [0.05, 0.1) is 18.2 Å². The molecule has 6 heteroatoms. The molecular weight excluding hydrogens is 342 g/mol. The quantitative estimate of drug-likeness (QED) is 0.756. The molecule has 4 rings (SSSR count). The second-order valence-corrected chi connectivity index (χ2v) is 6.77. The Morgan fingerprint density at radius 1 is 1.26 bits per heavy atom. The molecule has 1 aliphatic heterocycles. The van der Waals surface area contributed by atoms with Gasteiger partial charge in [-0.2, -0.15) is 0 Å². The molecule has 0 bridgehead atoms. The van der Waals surface area contributed by atoms with E-state index in [1.165, 1.54) is 0 Å². The molecule has 138 valence electrons. The van der Waals surface area contributed by atoms with Crippen molar-refractivity contribution in [3.8, 4) is 0 Å². The third kappa shape index (κ3) is 3.90. The summed E-state index contributed by atoms with van der Waals surface area (Å²) in [6.07, 6.45) is 5.11. The molecule has 3 aromatic rings. The summed E-state index contributed by atoms with van der Waals surface area (Å²) in [5.41, 5.74) is 1.68. The highest BCUT2D eigenvalue weighted by Crippen LogP contribution is 2.17. The Kier molecular flexibility index (Phi) is 4.98. The van der Waals surface area contributed by atoms with Crippen LogP contribution >= 0.6 is 0 Å². The first-order chi connectivity index (χ1) is 13.2. The number of H-pyrrole nitrogens is 1. The maximum absolute atomic E-state index is 13.0. The number of hydrogen-bond acceptors (Lipinski definition) is 4. The summed E-state index contributed by atoms with van der Waals surface area (Å²) in [5.74, 6) is -0.147. The lowest BCUT2D eigenvalue weighted by atomic mass is 10.1. The molecule has 1 N–H and O–H groups in total. The van der Waals surface area contributed by atoms with E-state index in [1.807, 2.05) is 30.3 Å². The number of rotatable bonds is 5. The number of pyridine rings is 2. The number of para-hydroxylation sites is 1. The van der Waals surface area contributed by atoms with Crippen LogP contribution in [0.2, 0.25) is 0 Å². The maximum Gasteiger partial charge on any atom is 0.255 e. The maximum atomic E-state index is 13.0. The molecule has 3 heterocycles. The lowest BCUT2D eigenvalue weighted by Crippen LogP contribution is -2.38. The van der Waals surface area contributed by atoms with Gasteiger partial charge in [0.25, 0.3) is 11.5 Å². The van der Waals surface area contributed by atoms with E-state index in [0.717, 1.165) is 30.4 Å². The second-order valence-electron chi connectivity index (χ2n) is 6.77. The van der Waals surface area contributed by atoms with Crippen LogP contribution in [0.25, 0.3) is 10.9 Å². The van der Waals surface area contributed by atoms with Crippen LogP contribution in [0.4, 0.5) is 0 Å². The highest BCUT2D eigenvalue weighted by atomic mass is 16.5. The van der Waals surface area contributed by atoms with Crippen LogP contribution in [0.5, 0.6) is 0 Å². The molecule has 0 spiro atoms. The van der Waals surface area contributed by atoms with Gasteiger partial charge in [0.15, 0.2) is 0 Å². The molecule has 2 aromatic heterocycles. The molecule has 0 unspecified atom stereocenters. The largest absolute Gasteiger partial charge is 0.376 e. The Balaban J connectivity index is 1.65. The third-order valence-corrected chi connectivity index (χ3v) is 4.84. The summed E-state index contributed by atoms with van der Waals surface area (Å²) in [7, 11) is 0. The van der Waals surface area contributed by atoms with E-state index in [0.29, 0.717) is 17.7 Å². The fourth-order valence-corrected chi connectivity index (χ4v) is 3.44. The van der Waals surface area contributed by atoms with E-state index in [2.05, 4.69) is 9.97 Å². The van der Waals surface area contributed by atoms with Gasteiger partial charge in [-0.3, -0.25) is 14.6 Å². The molecule has 0 saturated carbocycles. The molecule has 6 nitrogen and oxygen atoms in total. The predicted octanol–water partition coefficient (Wildman–Crippen LogP) is 2.74. The Labute approximate surface area is 156 Å². The first kappa shape index (κ1) is 17.4. The standard InChI is InChI=1S/C21H21N3O3/c25-20-17(11-15-5-1-2-8-19(15)23-20)13-24(14-18-7-4-10-27-18)21(26)16-6-3-9-22-12-16/h1-3,5-6,8-9,11-12,18H,4,7,10,13-14H2,(H,23,25)/t18-/m0/s1. The average molecular weight is 363 g/mol. The lowest BCUT2D eigenvalue weighted by molar-refractivity contribution is 0.0506. The van der Waals surface area contributed by atoms with Crippen molar-refractivity contribution in [2.75, 3.05) is 13.2 Å². The minimum absolute atomic E-state index is 0.00478. The number of carbonyl (C=O) groups is 1. The number of nitrogens with one attached hydrogen (secondary N) is 1. The Morgan fingerprint density at radius 3 is 2.93 bits per heavy atom. The van der Waals surface area contributed by atoms with Crippen molar-refractivity contribution >= 4 is 16.8 Å². The molecule has 1 aromatic carbocycles. The zero-order chi connectivity index (χ0) is 18.6. The van der Waals surface area contributed by atoms with E-state index in [4.69, 9.17) is 4.74 Å². The normalized spacial score (nSPS) is 16.5. The molecule has 1 fully saturated rings. The average Bonchev–Trinajstić information content (AvgIpc) is 3.21. The van der Waals surface area contributed by atoms with Gasteiger partial charge >= 0.3 is 0 Å². The van der Waals surface area contributed by atoms with E-state index >= 15 is 0 Å². The summed E-state index contributed by atoms with van der Waals surface area (Å²) in [6, 6.07) is 13.0. The van der Waals surface area contributed by atoms with Crippen molar-refractivity contribution < 1.29 is 9.53 Å². The van der Waals surface area contributed by atoms with Crippen molar-refractivity contribution in [3.05, 3.63) is 76.3 Å². The molecule has 1 amide bonds. The van der Waals surface area contributed by atoms with Crippen LogP contribution < -0.4 is 5.56 Å². The van der Waals surface area contributed by atoms with Crippen LogP contribution in [0, 0.1) is 0 Å². The zero-order valence-electron chi connectivity index (χ0n) is 14.9. The summed E-state index contributed by atoms with van der Waals surface area (Å²) in [4.78, 5) is 34.2. The molecular formula is C21H21N3O3. The highest BCUT2D eigenvalue weighted by Gasteiger charge is 2.24. The first-order valence-corrected chi connectivity index (χ1v) is 9.12. The van der Waals surface area contributed by atoms with Gasteiger partial charge in [-0.25, -0.2) is 0 Å². The molecule has 0 radical (unpaired) electrons. The van der Waals surface area contributed by atoms with Gasteiger partial charge in [-0.1, -0.05) is 18.2 Å². The zero-order valence-corrected chi connectivity index (χ0v) is 14.9. The molecule has 1 atom stereocenters. The van der Waals surface area contributed by atoms with Crippen molar-refractivity contribution in [3.63, 3.8) is 0 Å². The fourth-order valence-electron chi connectivity index (χ4n) is 3.44. The number of ether oxygens (including phenoxy) is 1. The number of amides is 1. The number of nitrogens with zero attached hydrogens (tertiary/aromatic N) is 2. The Morgan fingerprint density at radius 2 is 2.15 bits per heavy atom. The second kappa shape index (κ2) is 7.72. The molecule has 1 aliphatic rings. The number of aromatic nitrogens is 2. The van der Waals surface area contributed by atoms with E-state index in [-0.39, 0.29) is 24.1 Å². The number of aromatic amines is 1. The van der Waals surface area contributed by atoms with E-state index in [9.17, 15) is 9.59 Å². The molecule has 1 saturated heterocycles. The van der Waals surface area contributed by atoms with Gasteiger partial charge in [0.2, 0.25) is 0 Å². The highest BCUT2D eigenvalue weighted by molar-refractivity contribution is 5.94. The monoisotopic (exact) mass is 363 g/mol. The first-order valence-electron chi connectivity index (χ1n) is 9.12. The summed E-state index contributed by atoms with van der Waals surface area (Å²) < 4.78 is 5.71. The topological polar surface area (TPSA) is 75.3 Å². The van der Waals surface area contributed by atoms with Gasteiger partial charge in [-0.05, 0) is 42.5 Å². The van der Waals surface area contributed by atoms with Crippen molar-refractivity contribution in [1.29, 1.82) is 0 Å². The van der Waals surface area contributed by atoms with Gasteiger partial charge < -0.3 is 14.6 Å². The smallest absolute Gasteiger partial charge is 0.255 e. The molecule has 0 aliphatic carbocycles. The Hall–Kier alpha value is -2.99.